The minimum absolute atomic E-state index is 0.146. The Hall–Kier alpha value is -2.03. The Balaban J connectivity index is 1.95. The van der Waals surface area contributed by atoms with Crippen molar-refractivity contribution < 1.29 is 9.53 Å². The van der Waals surface area contributed by atoms with E-state index in [-0.39, 0.29) is 11.9 Å². The number of pyridine rings is 1. The minimum atomic E-state index is -0.146. The third-order valence-electron chi connectivity index (χ3n) is 3.65. The van der Waals surface area contributed by atoms with Gasteiger partial charge in [0.05, 0.1) is 28.2 Å². The van der Waals surface area contributed by atoms with Crippen LogP contribution in [-0.2, 0) is 4.74 Å². The highest BCUT2D eigenvalue weighted by atomic mass is 32.1. The summed E-state index contributed by atoms with van der Waals surface area (Å²) >= 11 is 3.20. The smallest absolute Gasteiger partial charge is 0.255 e. The zero-order chi connectivity index (χ0) is 18.5. The van der Waals surface area contributed by atoms with Crippen LogP contribution >= 0.6 is 22.7 Å². The summed E-state index contributed by atoms with van der Waals surface area (Å²) in [7, 11) is 0. The SMILES string of the molecule is CCOCCNC(=O)c1cnc2sc(-c3cncs3)cc2c1NC(C)C. The van der Waals surface area contributed by atoms with Crippen LogP contribution in [0.3, 0.4) is 0 Å². The molecule has 0 unspecified atom stereocenters. The van der Waals surface area contributed by atoms with Crippen LogP contribution in [0.2, 0.25) is 0 Å². The fourth-order valence-corrected chi connectivity index (χ4v) is 4.26. The van der Waals surface area contributed by atoms with Crippen LogP contribution in [0.5, 0.6) is 0 Å². The number of aromatic nitrogens is 2. The van der Waals surface area contributed by atoms with Gasteiger partial charge in [-0.05, 0) is 26.8 Å². The highest BCUT2D eigenvalue weighted by Crippen LogP contribution is 2.38. The number of rotatable bonds is 8. The van der Waals surface area contributed by atoms with Crippen molar-refractivity contribution in [2.24, 2.45) is 0 Å². The number of fused-ring (bicyclic) bond motifs is 1. The Morgan fingerprint density at radius 1 is 1.31 bits per heavy atom. The van der Waals surface area contributed by atoms with Crippen LogP contribution in [0.25, 0.3) is 20.0 Å². The lowest BCUT2D eigenvalue weighted by atomic mass is 10.1. The van der Waals surface area contributed by atoms with Gasteiger partial charge in [-0.2, -0.15) is 0 Å². The summed E-state index contributed by atoms with van der Waals surface area (Å²) in [5.41, 5.74) is 3.19. The van der Waals surface area contributed by atoms with Gasteiger partial charge in [-0.1, -0.05) is 0 Å². The standard InChI is InChI=1S/C18H22N4O2S2/c1-4-24-6-5-20-17(23)13-8-21-18-12(16(13)22-11(2)3)7-14(26-18)15-9-19-10-25-15/h7-11H,4-6H2,1-3H3,(H,20,23)(H,21,22). The fraction of sp³-hybridized carbons (Fsp3) is 0.389. The number of ether oxygens (including phenoxy) is 1. The molecule has 138 valence electrons. The van der Waals surface area contributed by atoms with E-state index in [0.717, 1.165) is 25.7 Å². The lowest BCUT2D eigenvalue weighted by Gasteiger charge is -2.15. The van der Waals surface area contributed by atoms with E-state index in [0.29, 0.717) is 25.3 Å². The predicted octanol–water partition coefficient (Wildman–Crippen LogP) is 4.01. The predicted molar refractivity (Wildman–Crippen MR) is 108 cm³/mol. The number of nitrogens with zero attached hydrogens (tertiary/aromatic N) is 2. The molecule has 0 aliphatic carbocycles. The molecule has 0 bridgehead atoms. The Morgan fingerprint density at radius 3 is 2.85 bits per heavy atom. The summed E-state index contributed by atoms with van der Waals surface area (Å²) in [5.74, 6) is -0.146. The van der Waals surface area contributed by atoms with Crippen LogP contribution in [0, 0.1) is 0 Å². The number of hydrogen-bond acceptors (Lipinski definition) is 7. The van der Waals surface area contributed by atoms with Crippen LogP contribution in [0.1, 0.15) is 31.1 Å². The Labute approximate surface area is 160 Å². The van der Waals surface area contributed by atoms with Crippen LogP contribution in [0.15, 0.2) is 24.0 Å². The molecule has 3 aromatic rings. The molecule has 26 heavy (non-hydrogen) atoms. The van der Waals surface area contributed by atoms with Crippen molar-refractivity contribution in [3.8, 4) is 9.75 Å². The molecule has 0 aliphatic heterocycles. The molecule has 0 saturated heterocycles. The summed E-state index contributed by atoms with van der Waals surface area (Å²) < 4.78 is 5.28. The third-order valence-corrected chi connectivity index (χ3v) is 5.66. The van der Waals surface area contributed by atoms with Gasteiger partial charge >= 0.3 is 0 Å². The van der Waals surface area contributed by atoms with Gasteiger partial charge in [0.15, 0.2) is 0 Å². The highest BCUT2D eigenvalue weighted by molar-refractivity contribution is 7.25. The summed E-state index contributed by atoms with van der Waals surface area (Å²) in [5, 5.41) is 7.28. The fourth-order valence-electron chi connectivity index (χ4n) is 2.54. The Morgan fingerprint density at radius 2 is 2.15 bits per heavy atom. The van der Waals surface area contributed by atoms with Gasteiger partial charge in [0.2, 0.25) is 0 Å². The van der Waals surface area contributed by atoms with Crippen LogP contribution in [-0.4, -0.2) is 41.7 Å². The maximum absolute atomic E-state index is 12.6. The van der Waals surface area contributed by atoms with Gasteiger partial charge in [-0.15, -0.1) is 22.7 Å². The van der Waals surface area contributed by atoms with Gasteiger partial charge in [-0.3, -0.25) is 9.78 Å². The molecule has 8 heteroatoms. The molecule has 3 rings (SSSR count). The van der Waals surface area contributed by atoms with Crippen molar-refractivity contribution in [1.29, 1.82) is 0 Å². The van der Waals surface area contributed by atoms with Crippen LogP contribution < -0.4 is 10.6 Å². The molecule has 0 aliphatic rings. The molecule has 3 heterocycles. The van der Waals surface area contributed by atoms with Crippen molar-refractivity contribution in [3.05, 3.63) is 29.5 Å². The van der Waals surface area contributed by atoms with Crippen molar-refractivity contribution in [1.82, 2.24) is 15.3 Å². The van der Waals surface area contributed by atoms with E-state index in [1.165, 1.54) is 0 Å². The van der Waals surface area contributed by atoms with Crippen molar-refractivity contribution in [2.45, 2.75) is 26.8 Å². The number of amides is 1. The quantitative estimate of drug-likeness (QED) is 0.569. The zero-order valence-corrected chi connectivity index (χ0v) is 16.7. The summed E-state index contributed by atoms with van der Waals surface area (Å²) in [6, 6.07) is 2.28. The zero-order valence-electron chi connectivity index (χ0n) is 15.0. The van der Waals surface area contributed by atoms with E-state index >= 15 is 0 Å². The molecule has 0 atom stereocenters. The Kier molecular flexibility index (Phi) is 6.18. The van der Waals surface area contributed by atoms with Crippen LogP contribution in [0.4, 0.5) is 5.69 Å². The number of carbonyl (C=O) groups is 1. The second-order valence-corrected chi connectivity index (χ2v) is 7.91. The van der Waals surface area contributed by atoms with E-state index in [9.17, 15) is 4.79 Å². The first-order valence-electron chi connectivity index (χ1n) is 8.54. The lowest BCUT2D eigenvalue weighted by molar-refractivity contribution is 0.0923. The van der Waals surface area contributed by atoms with E-state index in [2.05, 4.69) is 40.5 Å². The number of anilines is 1. The Bertz CT molecular complexity index is 875. The normalized spacial score (nSPS) is 11.2. The van der Waals surface area contributed by atoms with E-state index < -0.39 is 0 Å². The largest absolute Gasteiger partial charge is 0.382 e. The van der Waals surface area contributed by atoms with Crippen molar-refractivity contribution in [2.75, 3.05) is 25.1 Å². The first-order chi connectivity index (χ1) is 12.6. The molecule has 0 aromatic carbocycles. The molecule has 1 amide bonds. The minimum Gasteiger partial charge on any atom is -0.382 e. The molecule has 0 spiro atoms. The average molecular weight is 391 g/mol. The summed E-state index contributed by atoms with van der Waals surface area (Å²) in [6.07, 6.45) is 3.50. The van der Waals surface area contributed by atoms with Gasteiger partial charge in [0, 0.05) is 41.9 Å². The van der Waals surface area contributed by atoms with Gasteiger partial charge in [0.25, 0.3) is 5.91 Å². The molecular formula is C18H22N4O2S2. The highest BCUT2D eigenvalue weighted by Gasteiger charge is 2.18. The van der Waals surface area contributed by atoms with E-state index in [1.807, 2.05) is 18.6 Å². The van der Waals surface area contributed by atoms with Gasteiger partial charge in [-0.25, -0.2) is 4.98 Å². The lowest BCUT2D eigenvalue weighted by Crippen LogP contribution is -2.28. The molecule has 0 saturated carbocycles. The van der Waals surface area contributed by atoms with Crippen molar-refractivity contribution >= 4 is 44.5 Å². The number of carbonyl (C=O) groups excluding carboxylic acids is 1. The maximum Gasteiger partial charge on any atom is 0.255 e. The number of hydrogen-bond donors (Lipinski definition) is 2. The third kappa shape index (κ3) is 4.20. The summed E-state index contributed by atoms with van der Waals surface area (Å²) in [4.78, 5) is 24.4. The molecule has 3 aromatic heterocycles. The maximum atomic E-state index is 12.6. The number of thiazole rings is 1. The molecule has 0 fully saturated rings. The van der Waals surface area contributed by atoms with Gasteiger partial charge in [0.1, 0.15) is 4.83 Å². The molecule has 6 nitrogen and oxygen atoms in total. The summed E-state index contributed by atoms with van der Waals surface area (Å²) in [6.45, 7) is 7.65. The monoisotopic (exact) mass is 390 g/mol. The molecular weight excluding hydrogens is 368 g/mol. The van der Waals surface area contributed by atoms with Crippen molar-refractivity contribution in [3.63, 3.8) is 0 Å². The first-order valence-corrected chi connectivity index (χ1v) is 10.2. The number of nitrogens with one attached hydrogen (secondary N) is 2. The number of thiophene rings is 1. The molecule has 2 N–H and O–H groups in total. The average Bonchev–Trinajstić information content (AvgIpc) is 3.27. The second-order valence-electron chi connectivity index (χ2n) is 5.99. The van der Waals surface area contributed by atoms with Gasteiger partial charge < -0.3 is 15.4 Å². The molecule has 0 radical (unpaired) electrons. The first kappa shape index (κ1) is 18.8. The van der Waals surface area contributed by atoms with E-state index in [4.69, 9.17) is 4.74 Å². The second kappa shape index (κ2) is 8.57. The van der Waals surface area contributed by atoms with E-state index in [1.54, 1.807) is 28.9 Å². The topological polar surface area (TPSA) is 76.1 Å².